The zero-order valence-electron chi connectivity index (χ0n) is 10.8. The number of nitrogens with one attached hydrogen (secondary N) is 1. The van der Waals surface area contributed by atoms with Gasteiger partial charge in [-0.25, -0.2) is 0 Å². The van der Waals surface area contributed by atoms with Crippen molar-refractivity contribution in [3.63, 3.8) is 0 Å². The maximum absolute atomic E-state index is 10.5. The highest BCUT2D eigenvalue weighted by Crippen LogP contribution is 2.34. The molecule has 0 saturated heterocycles. The molecule has 2 rings (SSSR count). The van der Waals surface area contributed by atoms with Gasteiger partial charge in [0, 0.05) is 16.0 Å². The molecular formula is C14H19ClN2O. The summed E-state index contributed by atoms with van der Waals surface area (Å²) in [6.45, 7) is 4.25. The number of aliphatic hydroxyl groups excluding tert-OH is 1. The van der Waals surface area contributed by atoms with Gasteiger partial charge in [0.05, 0.1) is 17.8 Å². The molecule has 2 atom stereocenters. The van der Waals surface area contributed by atoms with Crippen LogP contribution >= 0.6 is 11.6 Å². The normalized spacial score (nSPS) is 14.9. The summed E-state index contributed by atoms with van der Waals surface area (Å²) in [4.78, 5) is 0. The average Bonchev–Trinajstić information content (AvgIpc) is 2.82. The van der Waals surface area contributed by atoms with Gasteiger partial charge in [-0.15, -0.1) is 0 Å². The van der Waals surface area contributed by atoms with Crippen LogP contribution in [0.15, 0.2) is 18.3 Å². The largest absolute Gasteiger partial charge is 0.388 e. The number of hydrogen-bond donors (Lipinski definition) is 2. The number of fused-ring (bicyclic) bond motifs is 1. The number of aromatic amines is 1. The number of halogens is 1. The molecule has 0 bridgehead atoms. The minimum Gasteiger partial charge on any atom is -0.388 e. The van der Waals surface area contributed by atoms with Crippen molar-refractivity contribution in [2.75, 3.05) is 0 Å². The maximum Gasteiger partial charge on any atom is 0.0839 e. The van der Waals surface area contributed by atoms with Crippen molar-refractivity contribution in [1.29, 1.82) is 0 Å². The fourth-order valence-corrected chi connectivity index (χ4v) is 2.73. The first-order valence-electron chi connectivity index (χ1n) is 6.48. The number of H-pyrrole nitrogens is 1. The van der Waals surface area contributed by atoms with Crippen LogP contribution in [-0.2, 0) is 0 Å². The Morgan fingerprint density at radius 1 is 1.39 bits per heavy atom. The molecule has 3 nitrogen and oxygen atoms in total. The monoisotopic (exact) mass is 266 g/mol. The Kier molecular flexibility index (Phi) is 4.25. The summed E-state index contributed by atoms with van der Waals surface area (Å²) < 4.78 is 0. The van der Waals surface area contributed by atoms with Crippen LogP contribution in [0.3, 0.4) is 0 Å². The van der Waals surface area contributed by atoms with Gasteiger partial charge in [0.25, 0.3) is 0 Å². The van der Waals surface area contributed by atoms with E-state index in [2.05, 4.69) is 24.0 Å². The SMILES string of the molecule is CCCC(CC)C(O)c1cc(Cl)cc2cn[nH]c12. The standard InChI is InChI=1S/C14H19ClN2O/c1-3-5-9(4-2)14(18)12-7-11(15)6-10-8-16-17-13(10)12/h6-9,14,18H,3-5H2,1-2H3,(H,16,17). The summed E-state index contributed by atoms with van der Waals surface area (Å²) in [6.07, 6.45) is 4.29. The number of aromatic nitrogens is 2. The lowest BCUT2D eigenvalue weighted by molar-refractivity contribution is 0.101. The Bertz CT molecular complexity index is 523. The Morgan fingerprint density at radius 3 is 2.83 bits per heavy atom. The lowest BCUT2D eigenvalue weighted by Crippen LogP contribution is -2.12. The van der Waals surface area contributed by atoms with Crippen molar-refractivity contribution in [3.05, 3.63) is 28.9 Å². The van der Waals surface area contributed by atoms with Crippen molar-refractivity contribution in [2.45, 2.75) is 39.2 Å². The summed E-state index contributed by atoms with van der Waals surface area (Å²) >= 11 is 6.10. The maximum atomic E-state index is 10.5. The zero-order valence-corrected chi connectivity index (χ0v) is 11.5. The van der Waals surface area contributed by atoms with Crippen molar-refractivity contribution < 1.29 is 5.11 Å². The fourth-order valence-electron chi connectivity index (χ4n) is 2.49. The average molecular weight is 267 g/mol. The Balaban J connectivity index is 2.42. The number of nitrogens with zero attached hydrogens (tertiary/aromatic N) is 1. The Hall–Kier alpha value is -1.06. The van der Waals surface area contributed by atoms with Crippen LogP contribution < -0.4 is 0 Å². The molecular weight excluding hydrogens is 248 g/mol. The van der Waals surface area contributed by atoms with Crippen LogP contribution in [0.1, 0.15) is 44.8 Å². The van der Waals surface area contributed by atoms with Crippen molar-refractivity contribution in [3.8, 4) is 0 Å². The molecule has 0 fully saturated rings. The topological polar surface area (TPSA) is 48.9 Å². The summed E-state index contributed by atoms with van der Waals surface area (Å²) in [5.74, 6) is 0.264. The van der Waals surface area contributed by atoms with Crippen LogP contribution in [0.25, 0.3) is 10.9 Å². The second-order valence-corrected chi connectivity index (χ2v) is 5.17. The number of aliphatic hydroxyl groups is 1. The third kappa shape index (κ3) is 2.52. The van der Waals surface area contributed by atoms with E-state index in [0.717, 1.165) is 35.7 Å². The molecule has 0 radical (unpaired) electrons. The fraction of sp³-hybridized carbons (Fsp3) is 0.500. The molecule has 0 saturated carbocycles. The van der Waals surface area contributed by atoms with E-state index in [4.69, 9.17) is 11.6 Å². The molecule has 0 aliphatic carbocycles. The Labute approximate surface area is 112 Å². The molecule has 0 aliphatic rings. The molecule has 0 amide bonds. The van der Waals surface area contributed by atoms with E-state index in [-0.39, 0.29) is 5.92 Å². The van der Waals surface area contributed by atoms with Crippen molar-refractivity contribution in [1.82, 2.24) is 10.2 Å². The first-order chi connectivity index (χ1) is 8.67. The minimum atomic E-state index is -0.489. The van der Waals surface area contributed by atoms with E-state index in [1.165, 1.54) is 0 Å². The quantitative estimate of drug-likeness (QED) is 0.857. The van der Waals surface area contributed by atoms with Crippen molar-refractivity contribution >= 4 is 22.5 Å². The number of benzene rings is 1. The highest BCUT2D eigenvalue weighted by molar-refractivity contribution is 6.31. The second-order valence-electron chi connectivity index (χ2n) is 4.73. The molecule has 2 aromatic rings. The van der Waals surface area contributed by atoms with E-state index in [9.17, 15) is 5.11 Å². The van der Waals surface area contributed by atoms with Gasteiger partial charge >= 0.3 is 0 Å². The lowest BCUT2D eigenvalue weighted by Gasteiger charge is -2.22. The summed E-state index contributed by atoms with van der Waals surface area (Å²) in [5.41, 5.74) is 1.75. The van der Waals surface area contributed by atoms with Gasteiger partial charge in [-0.2, -0.15) is 5.10 Å². The van der Waals surface area contributed by atoms with Gasteiger partial charge in [-0.1, -0.05) is 38.3 Å². The van der Waals surface area contributed by atoms with Crippen LogP contribution in [0.4, 0.5) is 0 Å². The summed E-state index contributed by atoms with van der Waals surface area (Å²) in [7, 11) is 0. The van der Waals surface area contributed by atoms with E-state index in [0.29, 0.717) is 5.02 Å². The van der Waals surface area contributed by atoms with Gasteiger partial charge in [0.15, 0.2) is 0 Å². The summed E-state index contributed by atoms with van der Waals surface area (Å²) in [5, 5.41) is 19.1. The molecule has 18 heavy (non-hydrogen) atoms. The van der Waals surface area contributed by atoms with E-state index in [1.54, 1.807) is 6.20 Å². The molecule has 0 aliphatic heterocycles. The molecule has 0 spiro atoms. The van der Waals surface area contributed by atoms with Crippen LogP contribution in [0.2, 0.25) is 5.02 Å². The molecule has 98 valence electrons. The predicted octanol–water partition coefficient (Wildman–Crippen LogP) is 4.08. The molecule has 1 aromatic carbocycles. The van der Waals surface area contributed by atoms with Crippen molar-refractivity contribution in [2.24, 2.45) is 5.92 Å². The van der Waals surface area contributed by atoms with Gasteiger partial charge in [0.1, 0.15) is 0 Å². The smallest absolute Gasteiger partial charge is 0.0839 e. The first kappa shape index (κ1) is 13.4. The van der Waals surface area contributed by atoms with Gasteiger partial charge in [-0.05, 0) is 24.5 Å². The Morgan fingerprint density at radius 2 is 2.17 bits per heavy atom. The van der Waals surface area contributed by atoms with Gasteiger partial charge in [0.2, 0.25) is 0 Å². The highest BCUT2D eigenvalue weighted by atomic mass is 35.5. The number of hydrogen-bond acceptors (Lipinski definition) is 2. The number of rotatable bonds is 5. The second kappa shape index (κ2) is 5.72. The first-order valence-corrected chi connectivity index (χ1v) is 6.85. The van der Waals surface area contributed by atoms with E-state index < -0.39 is 6.10 Å². The highest BCUT2D eigenvalue weighted by Gasteiger charge is 2.21. The van der Waals surface area contributed by atoms with Crippen LogP contribution in [0, 0.1) is 5.92 Å². The van der Waals surface area contributed by atoms with Gasteiger partial charge in [-0.3, -0.25) is 5.10 Å². The molecule has 1 heterocycles. The zero-order chi connectivity index (χ0) is 13.1. The predicted molar refractivity (Wildman–Crippen MR) is 74.8 cm³/mol. The molecule has 4 heteroatoms. The van der Waals surface area contributed by atoms with Crippen LogP contribution in [-0.4, -0.2) is 15.3 Å². The molecule has 2 N–H and O–H groups in total. The third-order valence-electron chi connectivity index (χ3n) is 3.49. The lowest BCUT2D eigenvalue weighted by atomic mass is 9.89. The summed E-state index contributed by atoms with van der Waals surface area (Å²) in [6, 6.07) is 3.70. The van der Waals surface area contributed by atoms with Gasteiger partial charge < -0.3 is 5.11 Å². The van der Waals surface area contributed by atoms with E-state index >= 15 is 0 Å². The molecule has 1 aromatic heterocycles. The minimum absolute atomic E-state index is 0.264. The van der Waals surface area contributed by atoms with Crippen LogP contribution in [0.5, 0.6) is 0 Å². The molecule has 2 unspecified atom stereocenters. The van der Waals surface area contributed by atoms with E-state index in [1.807, 2.05) is 12.1 Å². The third-order valence-corrected chi connectivity index (χ3v) is 3.71.